The molecule has 1 aliphatic heterocycles. The van der Waals surface area contributed by atoms with Gasteiger partial charge in [-0.05, 0) is 36.6 Å². The van der Waals surface area contributed by atoms with Crippen LogP contribution in [0.3, 0.4) is 0 Å². The highest BCUT2D eigenvalue weighted by Crippen LogP contribution is 2.16. The van der Waals surface area contributed by atoms with E-state index in [9.17, 15) is 14.4 Å². The number of thiophene rings is 1. The quantitative estimate of drug-likeness (QED) is 0.764. The molecule has 1 fully saturated rings. The summed E-state index contributed by atoms with van der Waals surface area (Å²) in [5, 5.41) is 7.74. The highest BCUT2D eigenvalue weighted by Gasteiger charge is 2.32. The van der Waals surface area contributed by atoms with Gasteiger partial charge in [0.05, 0.1) is 4.88 Å². The van der Waals surface area contributed by atoms with Crippen molar-refractivity contribution < 1.29 is 14.4 Å². The molecule has 0 spiro atoms. The normalized spacial score (nSPS) is 18.5. The van der Waals surface area contributed by atoms with Gasteiger partial charge in [-0.2, -0.15) is 0 Å². The molecule has 6 nitrogen and oxygen atoms in total. The van der Waals surface area contributed by atoms with Crippen LogP contribution in [0.2, 0.25) is 0 Å². The van der Waals surface area contributed by atoms with Crippen molar-refractivity contribution in [2.75, 3.05) is 13.1 Å². The number of carbonyl (C=O) groups excluding carboxylic acids is 3. The van der Waals surface area contributed by atoms with Gasteiger partial charge in [-0.3, -0.25) is 14.4 Å². The molecule has 0 saturated carbocycles. The van der Waals surface area contributed by atoms with E-state index in [0.717, 1.165) is 19.3 Å². The zero-order chi connectivity index (χ0) is 19.1. The predicted molar refractivity (Wildman–Crippen MR) is 103 cm³/mol. The molecular weight excluding hydrogens is 350 g/mol. The van der Waals surface area contributed by atoms with Gasteiger partial charge in [-0.1, -0.05) is 26.8 Å². The van der Waals surface area contributed by atoms with Crippen LogP contribution in [0.5, 0.6) is 0 Å². The van der Waals surface area contributed by atoms with Crippen LogP contribution in [-0.4, -0.2) is 47.8 Å². The van der Waals surface area contributed by atoms with Crippen LogP contribution < -0.4 is 10.6 Å². The number of likely N-dealkylation sites (tertiary alicyclic amines) is 1. The maximum atomic E-state index is 13.0. The summed E-state index contributed by atoms with van der Waals surface area (Å²) in [6.45, 7) is 7.01. The maximum Gasteiger partial charge on any atom is 0.262 e. The van der Waals surface area contributed by atoms with E-state index >= 15 is 0 Å². The minimum atomic E-state index is -0.560. The van der Waals surface area contributed by atoms with Gasteiger partial charge in [-0.25, -0.2) is 0 Å². The Bertz CT molecular complexity index is 616. The molecule has 1 aromatic heterocycles. The van der Waals surface area contributed by atoms with Gasteiger partial charge in [0, 0.05) is 25.6 Å². The van der Waals surface area contributed by atoms with Gasteiger partial charge in [0.1, 0.15) is 6.04 Å². The first-order valence-corrected chi connectivity index (χ1v) is 10.2. The molecule has 1 saturated heterocycles. The second kappa shape index (κ2) is 9.71. The SMILES string of the molecule is CCCC(=O)NC1CCCN(C(=O)C(NC(=O)c2cccs2)C(C)C)C1. The van der Waals surface area contributed by atoms with Crippen molar-refractivity contribution in [2.24, 2.45) is 5.92 Å². The summed E-state index contributed by atoms with van der Waals surface area (Å²) in [5.41, 5.74) is 0. The predicted octanol–water partition coefficient (Wildman–Crippen LogP) is 2.41. The highest BCUT2D eigenvalue weighted by atomic mass is 32.1. The van der Waals surface area contributed by atoms with Crippen LogP contribution in [0.1, 0.15) is 56.1 Å². The molecular formula is C19H29N3O3S. The van der Waals surface area contributed by atoms with Crippen LogP contribution >= 0.6 is 11.3 Å². The highest BCUT2D eigenvalue weighted by molar-refractivity contribution is 7.12. The number of piperidine rings is 1. The fraction of sp³-hybridized carbons (Fsp3) is 0.632. The van der Waals surface area contributed by atoms with E-state index in [1.807, 2.05) is 32.2 Å². The molecule has 1 aliphatic rings. The van der Waals surface area contributed by atoms with E-state index in [1.165, 1.54) is 11.3 Å². The Hall–Kier alpha value is -1.89. The van der Waals surface area contributed by atoms with E-state index in [-0.39, 0.29) is 29.7 Å². The summed E-state index contributed by atoms with van der Waals surface area (Å²) in [4.78, 5) is 39.6. The summed E-state index contributed by atoms with van der Waals surface area (Å²) in [6, 6.07) is 3.00. The molecule has 2 heterocycles. The Morgan fingerprint density at radius 2 is 2.12 bits per heavy atom. The van der Waals surface area contributed by atoms with Gasteiger partial charge in [0.2, 0.25) is 11.8 Å². The van der Waals surface area contributed by atoms with Crippen molar-refractivity contribution in [2.45, 2.75) is 58.5 Å². The van der Waals surface area contributed by atoms with Crippen molar-refractivity contribution in [3.8, 4) is 0 Å². The number of hydrogen-bond acceptors (Lipinski definition) is 4. The molecule has 7 heteroatoms. The monoisotopic (exact) mass is 379 g/mol. The van der Waals surface area contributed by atoms with E-state index in [1.54, 1.807) is 11.0 Å². The molecule has 144 valence electrons. The van der Waals surface area contributed by atoms with Crippen molar-refractivity contribution >= 4 is 29.1 Å². The number of rotatable bonds is 7. The molecule has 0 aliphatic carbocycles. The molecule has 2 unspecified atom stereocenters. The van der Waals surface area contributed by atoms with Gasteiger partial charge in [0.15, 0.2) is 0 Å². The summed E-state index contributed by atoms with van der Waals surface area (Å²) in [6.07, 6.45) is 3.06. The Kier molecular flexibility index (Phi) is 7.63. The Balaban J connectivity index is 1.98. The number of nitrogens with zero attached hydrogens (tertiary/aromatic N) is 1. The first-order valence-electron chi connectivity index (χ1n) is 9.34. The summed E-state index contributed by atoms with van der Waals surface area (Å²) < 4.78 is 0. The Labute approximate surface area is 159 Å². The third-order valence-electron chi connectivity index (χ3n) is 4.54. The zero-order valence-electron chi connectivity index (χ0n) is 15.8. The lowest BCUT2D eigenvalue weighted by Crippen LogP contribution is -2.56. The van der Waals surface area contributed by atoms with Crippen LogP contribution in [0.15, 0.2) is 17.5 Å². The van der Waals surface area contributed by atoms with Crippen molar-refractivity contribution in [1.82, 2.24) is 15.5 Å². The largest absolute Gasteiger partial charge is 0.352 e. The van der Waals surface area contributed by atoms with Gasteiger partial charge in [-0.15, -0.1) is 11.3 Å². The fourth-order valence-electron chi connectivity index (χ4n) is 3.15. The third kappa shape index (κ3) is 5.56. The Morgan fingerprint density at radius 3 is 2.73 bits per heavy atom. The topological polar surface area (TPSA) is 78.5 Å². The number of nitrogens with one attached hydrogen (secondary N) is 2. The molecule has 3 amide bonds. The van der Waals surface area contributed by atoms with Gasteiger partial charge < -0.3 is 15.5 Å². The Morgan fingerprint density at radius 1 is 1.35 bits per heavy atom. The molecule has 26 heavy (non-hydrogen) atoms. The molecule has 0 radical (unpaired) electrons. The molecule has 0 aromatic carbocycles. The first kappa shape index (κ1) is 20.4. The van der Waals surface area contributed by atoms with Crippen LogP contribution in [-0.2, 0) is 9.59 Å². The molecule has 2 rings (SSSR count). The average molecular weight is 380 g/mol. The summed E-state index contributed by atoms with van der Waals surface area (Å²) >= 11 is 1.36. The van der Waals surface area contributed by atoms with E-state index in [0.29, 0.717) is 24.4 Å². The lowest BCUT2D eigenvalue weighted by Gasteiger charge is -2.36. The van der Waals surface area contributed by atoms with Crippen molar-refractivity contribution in [1.29, 1.82) is 0 Å². The number of amides is 3. The summed E-state index contributed by atoms with van der Waals surface area (Å²) in [5.74, 6) is -0.254. The molecule has 0 bridgehead atoms. The first-order chi connectivity index (χ1) is 12.4. The average Bonchev–Trinajstić information content (AvgIpc) is 3.13. The number of hydrogen-bond donors (Lipinski definition) is 2. The van der Waals surface area contributed by atoms with Crippen LogP contribution in [0, 0.1) is 5.92 Å². The van der Waals surface area contributed by atoms with E-state index in [4.69, 9.17) is 0 Å². The maximum absolute atomic E-state index is 13.0. The van der Waals surface area contributed by atoms with Crippen LogP contribution in [0.4, 0.5) is 0 Å². The number of carbonyl (C=O) groups is 3. The third-order valence-corrected chi connectivity index (χ3v) is 5.41. The second-order valence-corrected chi connectivity index (χ2v) is 8.06. The minimum absolute atomic E-state index is 0.00689. The van der Waals surface area contributed by atoms with Gasteiger partial charge in [0.25, 0.3) is 5.91 Å². The zero-order valence-corrected chi connectivity index (χ0v) is 16.6. The molecule has 2 N–H and O–H groups in total. The standard InChI is InChI=1S/C19H29N3O3S/c1-4-7-16(23)20-14-8-5-10-22(12-14)19(25)17(13(2)3)21-18(24)15-9-6-11-26-15/h6,9,11,13-14,17H,4-5,7-8,10,12H2,1-3H3,(H,20,23)(H,21,24). The lowest BCUT2D eigenvalue weighted by molar-refractivity contribution is -0.136. The fourth-order valence-corrected chi connectivity index (χ4v) is 3.78. The van der Waals surface area contributed by atoms with E-state index < -0.39 is 6.04 Å². The van der Waals surface area contributed by atoms with Gasteiger partial charge >= 0.3 is 0 Å². The molecule has 1 aromatic rings. The molecule has 2 atom stereocenters. The van der Waals surface area contributed by atoms with Crippen molar-refractivity contribution in [3.63, 3.8) is 0 Å². The van der Waals surface area contributed by atoms with Crippen molar-refractivity contribution in [3.05, 3.63) is 22.4 Å². The smallest absolute Gasteiger partial charge is 0.262 e. The minimum Gasteiger partial charge on any atom is -0.352 e. The van der Waals surface area contributed by atoms with Crippen LogP contribution in [0.25, 0.3) is 0 Å². The lowest BCUT2D eigenvalue weighted by atomic mass is 9.99. The summed E-state index contributed by atoms with van der Waals surface area (Å²) in [7, 11) is 0. The second-order valence-electron chi connectivity index (χ2n) is 7.11. The van der Waals surface area contributed by atoms with E-state index in [2.05, 4.69) is 10.6 Å².